The van der Waals surface area contributed by atoms with Gasteiger partial charge in [0.2, 0.25) is 0 Å². The van der Waals surface area contributed by atoms with Crippen LogP contribution in [0.25, 0.3) is 0 Å². The topological polar surface area (TPSA) is 87.7 Å². The average Bonchev–Trinajstić information content (AvgIpc) is 2.77. The minimum atomic E-state index is -0.945. The third kappa shape index (κ3) is 4.97. The third-order valence-corrected chi connectivity index (χ3v) is 3.45. The summed E-state index contributed by atoms with van der Waals surface area (Å²) in [6.45, 7) is 4.53. The molecule has 0 aromatic carbocycles. The molecular weight excluding hydrogens is 256 g/mol. The van der Waals surface area contributed by atoms with Crippen molar-refractivity contribution in [1.29, 1.82) is 0 Å². The summed E-state index contributed by atoms with van der Waals surface area (Å²) in [5.41, 5.74) is 0. The molecule has 1 aliphatic rings. The number of hydrogen-bond donors (Lipinski definition) is 3. The van der Waals surface area contributed by atoms with Gasteiger partial charge in [-0.1, -0.05) is 6.08 Å². The highest BCUT2D eigenvalue weighted by atomic mass is 32.2. The Hall–Kier alpha value is -1.21. The van der Waals surface area contributed by atoms with Gasteiger partial charge in [0.25, 0.3) is 0 Å². The smallest absolute Gasteiger partial charge is 0.315 e. The van der Waals surface area contributed by atoms with E-state index in [1.54, 1.807) is 17.8 Å². The first-order valence-corrected chi connectivity index (χ1v) is 6.84. The van der Waals surface area contributed by atoms with Crippen LogP contribution in [0.15, 0.2) is 12.7 Å². The number of carbonyl (C=O) groups is 2. The number of amides is 2. The molecule has 2 atom stereocenters. The number of aliphatic carboxylic acids is 1. The fraction of sp³-hybridized carbons (Fsp3) is 0.636. The Kier molecular flexibility index (Phi) is 6.59. The molecule has 1 saturated heterocycles. The summed E-state index contributed by atoms with van der Waals surface area (Å²) in [5.74, 6) is 0.0364. The minimum absolute atomic E-state index is 0.148. The van der Waals surface area contributed by atoms with Crippen molar-refractivity contribution in [1.82, 2.24) is 10.6 Å². The number of carboxylic acids is 1. The highest BCUT2D eigenvalue weighted by molar-refractivity contribution is 7.99. The van der Waals surface area contributed by atoms with Crippen LogP contribution in [-0.2, 0) is 9.53 Å². The Morgan fingerprint density at radius 2 is 2.28 bits per heavy atom. The quantitative estimate of drug-likeness (QED) is 0.459. The summed E-state index contributed by atoms with van der Waals surface area (Å²) in [6, 6.07) is -0.806. The number of ether oxygens (including phenoxy) is 1. The molecule has 1 aliphatic heterocycles. The predicted molar refractivity (Wildman–Crippen MR) is 69.8 cm³/mol. The van der Waals surface area contributed by atoms with Crippen molar-refractivity contribution >= 4 is 23.8 Å². The zero-order valence-corrected chi connectivity index (χ0v) is 10.9. The molecule has 1 heterocycles. The predicted octanol–water partition coefficient (Wildman–Crippen LogP) is 0.304. The fourth-order valence-corrected chi connectivity index (χ4v) is 2.14. The summed E-state index contributed by atoms with van der Waals surface area (Å²) in [7, 11) is 0. The molecule has 0 aliphatic carbocycles. The molecule has 18 heavy (non-hydrogen) atoms. The number of rotatable bonds is 7. The third-order valence-electron chi connectivity index (χ3n) is 2.48. The normalized spacial score (nSPS) is 22.4. The molecule has 2 amide bonds. The van der Waals surface area contributed by atoms with E-state index in [4.69, 9.17) is 9.84 Å². The van der Waals surface area contributed by atoms with E-state index in [-0.39, 0.29) is 19.2 Å². The molecule has 0 aromatic heterocycles. The van der Waals surface area contributed by atoms with Gasteiger partial charge >= 0.3 is 12.0 Å². The highest BCUT2D eigenvalue weighted by Gasteiger charge is 2.34. The van der Waals surface area contributed by atoms with Gasteiger partial charge in [-0.25, -0.2) is 4.79 Å². The number of nitrogens with one attached hydrogen (secondary N) is 2. The van der Waals surface area contributed by atoms with E-state index in [1.807, 2.05) is 0 Å². The molecule has 0 saturated carbocycles. The lowest BCUT2D eigenvalue weighted by Gasteiger charge is -2.16. The van der Waals surface area contributed by atoms with Crippen molar-refractivity contribution in [3.63, 3.8) is 0 Å². The van der Waals surface area contributed by atoms with E-state index >= 15 is 0 Å². The maximum atomic E-state index is 11.5. The monoisotopic (exact) mass is 274 g/mol. The lowest BCUT2D eigenvalue weighted by molar-refractivity contribution is -0.142. The number of carbonyl (C=O) groups excluding carboxylic acids is 1. The van der Waals surface area contributed by atoms with Crippen molar-refractivity contribution in [2.45, 2.75) is 6.04 Å². The molecule has 1 rings (SSSR count). The molecule has 102 valence electrons. The maximum absolute atomic E-state index is 11.5. The average molecular weight is 274 g/mol. The van der Waals surface area contributed by atoms with Crippen molar-refractivity contribution in [2.24, 2.45) is 5.92 Å². The molecule has 7 heteroatoms. The molecule has 2 unspecified atom stereocenters. The molecule has 0 bridgehead atoms. The molecule has 3 N–H and O–H groups in total. The molecular formula is C11H18N2O4S. The maximum Gasteiger partial charge on any atom is 0.315 e. The van der Waals surface area contributed by atoms with E-state index in [2.05, 4.69) is 17.2 Å². The number of hydrogen-bond acceptors (Lipinski definition) is 4. The first-order valence-electron chi connectivity index (χ1n) is 5.68. The first-order chi connectivity index (χ1) is 8.65. The summed E-state index contributed by atoms with van der Waals surface area (Å²) in [4.78, 5) is 22.4. The van der Waals surface area contributed by atoms with Gasteiger partial charge in [-0.3, -0.25) is 4.79 Å². The molecule has 6 nitrogen and oxygen atoms in total. The van der Waals surface area contributed by atoms with Gasteiger partial charge in [0.15, 0.2) is 0 Å². The van der Waals surface area contributed by atoms with Crippen LogP contribution in [0, 0.1) is 5.92 Å². The van der Waals surface area contributed by atoms with E-state index < -0.39 is 17.9 Å². The van der Waals surface area contributed by atoms with Gasteiger partial charge < -0.3 is 20.5 Å². The van der Waals surface area contributed by atoms with Gasteiger partial charge in [-0.05, 0) is 0 Å². The SMILES string of the molecule is C=CCSCCNC(=O)NC1COCC1C(=O)O. The van der Waals surface area contributed by atoms with Gasteiger partial charge in [0.05, 0.1) is 19.3 Å². The molecule has 0 aromatic rings. The minimum Gasteiger partial charge on any atom is -0.481 e. The summed E-state index contributed by atoms with van der Waals surface area (Å²) in [5, 5.41) is 14.2. The van der Waals surface area contributed by atoms with Crippen molar-refractivity contribution < 1.29 is 19.4 Å². The Morgan fingerprint density at radius 3 is 2.94 bits per heavy atom. The number of urea groups is 1. The summed E-state index contributed by atoms with van der Waals surface area (Å²) >= 11 is 1.66. The van der Waals surface area contributed by atoms with Gasteiger partial charge in [0, 0.05) is 18.1 Å². The van der Waals surface area contributed by atoms with Crippen LogP contribution >= 0.6 is 11.8 Å². The summed E-state index contributed by atoms with van der Waals surface area (Å²) < 4.78 is 5.05. The van der Waals surface area contributed by atoms with Crippen LogP contribution in [0.1, 0.15) is 0 Å². The highest BCUT2D eigenvalue weighted by Crippen LogP contribution is 2.13. The van der Waals surface area contributed by atoms with E-state index in [0.717, 1.165) is 11.5 Å². The zero-order valence-electron chi connectivity index (χ0n) is 10.1. The van der Waals surface area contributed by atoms with Gasteiger partial charge in [0.1, 0.15) is 5.92 Å². The molecule has 0 radical (unpaired) electrons. The Bertz CT molecular complexity index is 311. The van der Waals surface area contributed by atoms with Gasteiger partial charge in [-0.15, -0.1) is 6.58 Å². The van der Waals surface area contributed by atoms with E-state index in [1.165, 1.54) is 0 Å². The molecule has 1 fully saturated rings. The largest absolute Gasteiger partial charge is 0.481 e. The second-order valence-electron chi connectivity index (χ2n) is 3.85. The fourth-order valence-electron chi connectivity index (χ4n) is 1.56. The Balaban J connectivity index is 2.19. The lowest BCUT2D eigenvalue weighted by Crippen LogP contribution is -2.47. The van der Waals surface area contributed by atoms with Crippen LogP contribution in [0.2, 0.25) is 0 Å². The van der Waals surface area contributed by atoms with Crippen molar-refractivity contribution in [3.8, 4) is 0 Å². The zero-order chi connectivity index (χ0) is 13.4. The van der Waals surface area contributed by atoms with Crippen LogP contribution < -0.4 is 10.6 Å². The number of carboxylic acid groups (broad SMARTS) is 1. The van der Waals surface area contributed by atoms with Crippen LogP contribution in [0.3, 0.4) is 0 Å². The Labute approximate surface area is 110 Å². The van der Waals surface area contributed by atoms with Gasteiger partial charge in [-0.2, -0.15) is 11.8 Å². The second-order valence-corrected chi connectivity index (χ2v) is 5.00. The van der Waals surface area contributed by atoms with Crippen LogP contribution in [0.5, 0.6) is 0 Å². The van der Waals surface area contributed by atoms with Crippen molar-refractivity contribution in [2.75, 3.05) is 31.3 Å². The van der Waals surface area contributed by atoms with Crippen molar-refractivity contribution in [3.05, 3.63) is 12.7 Å². The number of thioether (sulfide) groups is 1. The van der Waals surface area contributed by atoms with Crippen LogP contribution in [0.4, 0.5) is 4.79 Å². The molecule has 0 spiro atoms. The standard InChI is InChI=1S/C11H18N2O4S/c1-2-4-18-5-3-12-11(16)13-9-7-17-6-8(9)10(14)15/h2,8-9H,1,3-7H2,(H,14,15)(H2,12,13,16). The Morgan fingerprint density at radius 1 is 1.50 bits per heavy atom. The van der Waals surface area contributed by atoms with E-state index in [9.17, 15) is 9.59 Å². The van der Waals surface area contributed by atoms with E-state index in [0.29, 0.717) is 6.54 Å². The first kappa shape index (κ1) is 14.8. The van der Waals surface area contributed by atoms with Crippen LogP contribution in [-0.4, -0.2) is 54.4 Å². The second kappa shape index (κ2) is 7.99. The lowest BCUT2D eigenvalue weighted by atomic mass is 10.0. The summed E-state index contributed by atoms with van der Waals surface area (Å²) in [6.07, 6.45) is 1.80.